The van der Waals surface area contributed by atoms with E-state index in [4.69, 9.17) is 37.0 Å². The first-order valence-electron chi connectivity index (χ1n) is 40.0. The monoisotopic (exact) mass is 1410 g/mol. The summed E-state index contributed by atoms with van der Waals surface area (Å²) in [6.45, 7) is 9.59. The predicted octanol–water partition coefficient (Wildman–Crippen LogP) is 22.7. The highest BCUT2D eigenvalue weighted by Gasteiger charge is 2.30. The van der Waals surface area contributed by atoms with Gasteiger partial charge >= 0.3 is 39.5 Å². The topological polar surface area (TPSA) is 237 Å². The number of aliphatic hydroxyl groups excluding tert-OH is 1. The number of ether oxygens (including phenoxy) is 4. The molecule has 0 radical (unpaired) electrons. The SMILES string of the molecule is CCCCCCCCCCCCCCCCCCCCC(=O)O[C@H](COC(=O)CCCCCCCCCCCCC(C)C)COP(=O)(O)OC[C@@H](O)COP(=O)(O)OC[C@@H](COC(=O)CCCCCCCCCCCC(C)C)OC(=O)CCCCCCCCCCCCCCC. The Morgan fingerprint density at radius 3 is 0.708 bits per heavy atom. The molecule has 17 nitrogen and oxygen atoms in total. The van der Waals surface area contributed by atoms with Crippen molar-refractivity contribution in [2.75, 3.05) is 39.6 Å². The van der Waals surface area contributed by atoms with Crippen molar-refractivity contribution in [3.05, 3.63) is 0 Å². The lowest BCUT2D eigenvalue weighted by Gasteiger charge is -2.21. The number of phosphoric ester groups is 2. The Kier molecular flexibility index (Phi) is 67.4. The Labute approximate surface area is 588 Å². The van der Waals surface area contributed by atoms with E-state index < -0.39 is 97.5 Å². The van der Waals surface area contributed by atoms with Crippen LogP contribution in [-0.4, -0.2) is 96.7 Å². The van der Waals surface area contributed by atoms with Crippen LogP contribution in [0.15, 0.2) is 0 Å². The van der Waals surface area contributed by atoms with Gasteiger partial charge in [0.1, 0.15) is 19.3 Å². The Balaban J connectivity index is 5.25. The molecule has 0 bridgehead atoms. The van der Waals surface area contributed by atoms with Crippen molar-refractivity contribution in [1.82, 2.24) is 0 Å². The van der Waals surface area contributed by atoms with E-state index in [1.807, 2.05) is 0 Å². The summed E-state index contributed by atoms with van der Waals surface area (Å²) in [5, 5.41) is 10.6. The molecule has 5 atom stereocenters. The number of unbranched alkanes of at least 4 members (excludes halogenated alkanes) is 46. The molecular formula is C77H150O17P2. The van der Waals surface area contributed by atoms with Gasteiger partial charge in [0.25, 0.3) is 0 Å². The molecule has 0 spiro atoms. The third-order valence-corrected chi connectivity index (χ3v) is 19.9. The molecule has 0 saturated heterocycles. The molecule has 0 amide bonds. The minimum Gasteiger partial charge on any atom is -0.462 e. The van der Waals surface area contributed by atoms with E-state index in [2.05, 4.69) is 41.5 Å². The molecule has 0 heterocycles. The average Bonchev–Trinajstić information content (AvgIpc) is 1.52. The van der Waals surface area contributed by atoms with Gasteiger partial charge in [-0.15, -0.1) is 0 Å². The van der Waals surface area contributed by atoms with Crippen LogP contribution in [0.3, 0.4) is 0 Å². The number of aliphatic hydroxyl groups is 1. The summed E-state index contributed by atoms with van der Waals surface area (Å²) < 4.78 is 68.6. The van der Waals surface area contributed by atoms with Crippen LogP contribution >= 0.6 is 15.6 Å². The van der Waals surface area contributed by atoms with Gasteiger partial charge in [-0.1, -0.05) is 350 Å². The van der Waals surface area contributed by atoms with Crippen molar-refractivity contribution >= 4 is 39.5 Å². The molecule has 0 aliphatic rings. The minimum atomic E-state index is -4.96. The molecule has 0 fully saturated rings. The molecule has 0 aromatic heterocycles. The van der Waals surface area contributed by atoms with Crippen molar-refractivity contribution in [2.45, 2.75) is 419 Å². The fourth-order valence-corrected chi connectivity index (χ4v) is 13.4. The maximum absolute atomic E-state index is 13.1. The number of carbonyl (C=O) groups is 4. The van der Waals surface area contributed by atoms with Crippen LogP contribution in [0.25, 0.3) is 0 Å². The molecule has 2 unspecified atom stereocenters. The first kappa shape index (κ1) is 94.1. The molecule has 0 aromatic rings. The third kappa shape index (κ3) is 70.5. The van der Waals surface area contributed by atoms with Crippen LogP contribution in [0.1, 0.15) is 401 Å². The van der Waals surface area contributed by atoms with Crippen molar-refractivity contribution < 1.29 is 80.2 Å². The lowest BCUT2D eigenvalue weighted by Crippen LogP contribution is -2.30. The Morgan fingerprint density at radius 1 is 0.281 bits per heavy atom. The second-order valence-corrected chi connectivity index (χ2v) is 31.6. The van der Waals surface area contributed by atoms with Gasteiger partial charge in [0.05, 0.1) is 26.4 Å². The average molecular weight is 1410 g/mol. The molecule has 0 aromatic carbocycles. The van der Waals surface area contributed by atoms with Crippen molar-refractivity contribution in [3.8, 4) is 0 Å². The smallest absolute Gasteiger partial charge is 0.462 e. The van der Waals surface area contributed by atoms with Crippen LogP contribution in [0.4, 0.5) is 0 Å². The van der Waals surface area contributed by atoms with Crippen LogP contribution in [0.5, 0.6) is 0 Å². The highest BCUT2D eigenvalue weighted by atomic mass is 31.2. The molecule has 0 saturated carbocycles. The molecule has 0 aliphatic carbocycles. The Hall–Kier alpha value is -1.94. The second kappa shape index (κ2) is 68.8. The summed E-state index contributed by atoms with van der Waals surface area (Å²) in [5.74, 6) is -0.610. The number of esters is 4. The minimum absolute atomic E-state index is 0.107. The lowest BCUT2D eigenvalue weighted by molar-refractivity contribution is -0.161. The third-order valence-electron chi connectivity index (χ3n) is 18.0. The van der Waals surface area contributed by atoms with Gasteiger partial charge in [0, 0.05) is 25.7 Å². The van der Waals surface area contributed by atoms with E-state index in [0.29, 0.717) is 25.7 Å². The zero-order valence-electron chi connectivity index (χ0n) is 62.7. The summed E-state index contributed by atoms with van der Waals surface area (Å²) >= 11 is 0. The predicted molar refractivity (Wildman–Crippen MR) is 391 cm³/mol. The maximum atomic E-state index is 13.1. The van der Waals surface area contributed by atoms with Gasteiger partial charge in [-0.3, -0.25) is 37.3 Å². The molecule has 3 N–H and O–H groups in total. The zero-order valence-corrected chi connectivity index (χ0v) is 64.5. The molecule has 0 rings (SSSR count). The van der Waals surface area contributed by atoms with E-state index in [9.17, 15) is 43.2 Å². The number of carbonyl (C=O) groups excluding carboxylic acids is 4. The number of hydrogen-bond acceptors (Lipinski definition) is 15. The van der Waals surface area contributed by atoms with E-state index in [1.165, 1.54) is 218 Å². The molecular weight excluding hydrogens is 1260 g/mol. The van der Waals surface area contributed by atoms with Gasteiger partial charge in [-0.2, -0.15) is 0 Å². The van der Waals surface area contributed by atoms with Crippen molar-refractivity contribution in [3.63, 3.8) is 0 Å². The lowest BCUT2D eigenvalue weighted by atomic mass is 10.0. The molecule has 0 aliphatic heterocycles. The first-order valence-corrected chi connectivity index (χ1v) is 43.0. The summed E-state index contributed by atoms with van der Waals surface area (Å²) in [6.07, 6.45) is 56.8. The zero-order chi connectivity index (χ0) is 70.7. The highest BCUT2D eigenvalue weighted by Crippen LogP contribution is 2.45. The second-order valence-electron chi connectivity index (χ2n) is 28.7. The fourth-order valence-electron chi connectivity index (χ4n) is 11.8. The van der Waals surface area contributed by atoms with E-state index >= 15 is 0 Å². The molecule has 570 valence electrons. The Bertz CT molecular complexity index is 1860. The summed E-state index contributed by atoms with van der Waals surface area (Å²) in [6, 6.07) is 0. The van der Waals surface area contributed by atoms with Gasteiger partial charge in [-0.05, 0) is 37.5 Å². The van der Waals surface area contributed by atoms with Crippen molar-refractivity contribution in [1.29, 1.82) is 0 Å². The quantitative estimate of drug-likeness (QED) is 0.0222. The fraction of sp³-hybridized carbons (Fsp3) is 0.948. The van der Waals surface area contributed by atoms with Gasteiger partial charge in [0.15, 0.2) is 12.2 Å². The summed E-state index contributed by atoms with van der Waals surface area (Å²) in [4.78, 5) is 72.9. The van der Waals surface area contributed by atoms with E-state index in [0.717, 1.165) is 102 Å². The molecule has 96 heavy (non-hydrogen) atoms. The summed E-state index contributed by atoms with van der Waals surface area (Å²) in [7, 11) is -9.91. The number of hydrogen-bond donors (Lipinski definition) is 3. The van der Waals surface area contributed by atoms with Crippen LogP contribution < -0.4 is 0 Å². The van der Waals surface area contributed by atoms with Gasteiger partial charge in [0.2, 0.25) is 0 Å². The standard InChI is InChI=1S/C77H150O17P2/c1-7-9-11-13-15-17-19-21-22-23-24-25-27-29-37-44-50-56-62-77(82)93-72(65-87-74(79)59-53-47-41-35-31-30-33-39-45-51-57-69(3)4)67-91-95(83,84)89-63-71(78)64-90-96(85,86)92-68-73(66-88-75(80)60-54-48-42-38-32-34-40-46-52-58-70(5)6)94-76(81)61-55-49-43-36-28-26-20-18-16-14-12-10-8-2/h69-73,78H,7-68H2,1-6H3,(H,83,84)(H,85,86)/t71-,72-,73-/m1/s1. The maximum Gasteiger partial charge on any atom is 0.472 e. The summed E-state index contributed by atoms with van der Waals surface area (Å²) in [5.41, 5.74) is 0. The number of phosphoric acid groups is 2. The normalized spacial score (nSPS) is 14.0. The van der Waals surface area contributed by atoms with E-state index in [1.54, 1.807) is 0 Å². The van der Waals surface area contributed by atoms with Crippen LogP contribution in [0, 0.1) is 11.8 Å². The largest absolute Gasteiger partial charge is 0.472 e. The number of rotatable bonds is 76. The van der Waals surface area contributed by atoms with Crippen molar-refractivity contribution in [2.24, 2.45) is 11.8 Å². The molecule has 19 heteroatoms. The Morgan fingerprint density at radius 2 is 0.479 bits per heavy atom. The van der Waals surface area contributed by atoms with Crippen LogP contribution in [0.2, 0.25) is 0 Å². The first-order chi connectivity index (χ1) is 46.4. The van der Waals surface area contributed by atoms with Gasteiger partial charge < -0.3 is 33.8 Å². The highest BCUT2D eigenvalue weighted by molar-refractivity contribution is 7.47. The van der Waals surface area contributed by atoms with Gasteiger partial charge in [-0.25, -0.2) is 9.13 Å². The van der Waals surface area contributed by atoms with E-state index in [-0.39, 0.29) is 25.7 Å². The van der Waals surface area contributed by atoms with Crippen LogP contribution in [-0.2, 0) is 65.4 Å².